The minimum Gasteiger partial charge on any atom is -0.140 e. The molecule has 0 saturated heterocycles. The van der Waals surface area contributed by atoms with Crippen LogP contribution in [0.2, 0.25) is 6.55 Å². The van der Waals surface area contributed by atoms with Gasteiger partial charge in [0.15, 0.2) is 0 Å². The Labute approximate surface area is 71.2 Å². The van der Waals surface area contributed by atoms with Gasteiger partial charge < -0.3 is 0 Å². The summed E-state index contributed by atoms with van der Waals surface area (Å²) in [5, 5.41) is 0.943. The van der Waals surface area contributed by atoms with Gasteiger partial charge in [-0.15, -0.1) is 22.2 Å². The molecule has 1 aromatic carbocycles. The lowest BCUT2D eigenvalue weighted by Gasteiger charge is -2.08. The molecular weight excluding hydrogens is 183 g/mol. The van der Waals surface area contributed by atoms with Gasteiger partial charge in [0, 0.05) is 0 Å². The van der Waals surface area contributed by atoms with E-state index in [-0.39, 0.29) is 0 Å². The Kier molecular flexibility index (Phi) is 2.39. The van der Waals surface area contributed by atoms with E-state index in [0.717, 1.165) is 5.19 Å². The molecule has 0 aliphatic rings. The Balaban J connectivity index is 2.97. The molecule has 0 saturated carbocycles. The second kappa shape index (κ2) is 2.95. The van der Waals surface area contributed by atoms with Gasteiger partial charge in [-0.25, -0.2) is 0 Å². The van der Waals surface area contributed by atoms with Crippen LogP contribution in [-0.4, -0.2) is 6.69 Å². The quantitative estimate of drug-likeness (QED) is 0.470. The van der Waals surface area contributed by atoms with Crippen LogP contribution in [0.4, 0.5) is 0 Å². The molecule has 0 fully saturated rings. The summed E-state index contributed by atoms with van der Waals surface area (Å²) < 4.78 is 0. The van der Waals surface area contributed by atoms with Crippen molar-refractivity contribution in [3.8, 4) is 0 Å². The normalized spacial score (nSPS) is 11.5. The van der Waals surface area contributed by atoms with Crippen molar-refractivity contribution in [2.24, 2.45) is 0 Å². The van der Waals surface area contributed by atoms with Gasteiger partial charge >= 0.3 is 0 Å². The second-order valence-electron chi connectivity index (χ2n) is 2.16. The molecule has 0 nitrogen and oxygen atoms in total. The highest BCUT2D eigenvalue weighted by molar-refractivity contribution is 7.50. The molecule has 0 spiro atoms. The minimum absolute atomic E-state index is 0.943. The van der Waals surface area contributed by atoms with Crippen molar-refractivity contribution < 1.29 is 0 Å². The molecule has 1 rings (SSSR count). The minimum atomic E-state index is -2.14. The van der Waals surface area contributed by atoms with E-state index in [0.29, 0.717) is 0 Å². The zero-order valence-electron chi connectivity index (χ0n) is 5.57. The molecule has 0 unspecified atom stereocenters. The first-order chi connectivity index (χ1) is 4.61. The van der Waals surface area contributed by atoms with Gasteiger partial charge in [0.2, 0.25) is 0 Å². The van der Waals surface area contributed by atoms with Crippen molar-refractivity contribution in [2.45, 2.75) is 6.55 Å². The van der Waals surface area contributed by atoms with Gasteiger partial charge in [0.05, 0.1) is 0 Å². The Morgan fingerprint density at radius 3 is 2.40 bits per heavy atom. The van der Waals surface area contributed by atoms with Gasteiger partial charge in [-0.2, -0.15) is 0 Å². The summed E-state index contributed by atoms with van der Waals surface area (Å²) in [4.78, 5) is 0. The molecule has 0 heterocycles. The lowest BCUT2D eigenvalue weighted by atomic mass is 10.4. The van der Waals surface area contributed by atoms with E-state index in [1.165, 1.54) is 0 Å². The zero-order valence-corrected chi connectivity index (χ0v) is 8.08. The van der Waals surface area contributed by atoms with Crippen LogP contribution in [0.5, 0.6) is 0 Å². The van der Waals surface area contributed by atoms with Crippen LogP contribution < -0.4 is 5.19 Å². The van der Waals surface area contributed by atoms with E-state index in [4.69, 9.17) is 22.2 Å². The van der Waals surface area contributed by atoms with Crippen LogP contribution in [0.1, 0.15) is 0 Å². The predicted octanol–water partition coefficient (Wildman–Crippen LogP) is 2.24. The number of rotatable bonds is 1. The molecule has 0 amide bonds. The van der Waals surface area contributed by atoms with Gasteiger partial charge in [-0.1, -0.05) is 24.3 Å². The standard InChI is InChI=1S/C7H7Cl2Si/c1-10(8,9)7-5-3-2-4-6-7/h2-5H,1H3. The topological polar surface area (TPSA) is 0 Å². The van der Waals surface area contributed by atoms with E-state index in [1.807, 2.05) is 30.8 Å². The van der Waals surface area contributed by atoms with E-state index in [9.17, 15) is 0 Å². The molecule has 0 aliphatic heterocycles. The maximum absolute atomic E-state index is 5.93. The molecule has 0 bridgehead atoms. The summed E-state index contributed by atoms with van der Waals surface area (Å²) in [7, 11) is 0. The number of halogens is 2. The first-order valence-electron chi connectivity index (χ1n) is 2.96. The molecule has 1 radical (unpaired) electrons. The first-order valence-corrected chi connectivity index (χ1v) is 7.48. The fourth-order valence-corrected chi connectivity index (χ4v) is 2.10. The van der Waals surface area contributed by atoms with Gasteiger partial charge in [0.1, 0.15) is 0 Å². The van der Waals surface area contributed by atoms with E-state index >= 15 is 0 Å². The average Bonchev–Trinajstić information content (AvgIpc) is 1.88. The van der Waals surface area contributed by atoms with Crippen LogP contribution in [0.3, 0.4) is 0 Å². The fourth-order valence-electron chi connectivity index (χ4n) is 0.666. The van der Waals surface area contributed by atoms with Crippen molar-refractivity contribution in [2.75, 3.05) is 0 Å². The number of hydrogen-bond acceptors (Lipinski definition) is 0. The summed E-state index contributed by atoms with van der Waals surface area (Å²) in [6, 6.07) is 10.6. The third-order valence-corrected chi connectivity index (χ3v) is 3.66. The molecule has 0 N–H and O–H groups in total. The van der Waals surface area contributed by atoms with Crippen LogP contribution in [0.25, 0.3) is 0 Å². The average molecular weight is 190 g/mol. The Hall–Kier alpha value is 0.0169. The Bertz CT molecular complexity index is 203. The highest BCUT2D eigenvalue weighted by Gasteiger charge is 2.23. The monoisotopic (exact) mass is 189 g/mol. The fraction of sp³-hybridized carbons (Fsp3) is 0.143. The van der Waals surface area contributed by atoms with Crippen molar-refractivity contribution in [3.05, 3.63) is 30.3 Å². The third kappa shape index (κ3) is 2.01. The van der Waals surface area contributed by atoms with Crippen molar-refractivity contribution >= 4 is 34.0 Å². The van der Waals surface area contributed by atoms with E-state index < -0.39 is 6.69 Å². The number of benzene rings is 1. The summed E-state index contributed by atoms with van der Waals surface area (Å²) in [5.41, 5.74) is 0. The highest BCUT2D eigenvalue weighted by Crippen LogP contribution is 2.12. The Morgan fingerprint density at radius 2 is 2.10 bits per heavy atom. The predicted molar refractivity (Wildman–Crippen MR) is 48.2 cm³/mol. The van der Waals surface area contributed by atoms with Crippen molar-refractivity contribution in [3.63, 3.8) is 0 Å². The largest absolute Gasteiger partial charge is 0.278 e. The van der Waals surface area contributed by atoms with Crippen molar-refractivity contribution in [1.82, 2.24) is 0 Å². The maximum atomic E-state index is 5.93. The van der Waals surface area contributed by atoms with Gasteiger partial charge in [-0.3, -0.25) is 0 Å². The zero-order chi connectivity index (χ0) is 7.61. The molecule has 10 heavy (non-hydrogen) atoms. The third-order valence-electron chi connectivity index (χ3n) is 1.18. The molecular formula is C7H7Cl2Si. The summed E-state index contributed by atoms with van der Waals surface area (Å²) >= 11 is 11.9. The summed E-state index contributed by atoms with van der Waals surface area (Å²) in [5.74, 6) is 0. The van der Waals surface area contributed by atoms with Gasteiger partial charge in [-0.05, 0) is 17.8 Å². The number of hydrogen-bond donors (Lipinski definition) is 0. The lowest BCUT2D eigenvalue weighted by Crippen LogP contribution is -2.32. The summed E-state index contributed by atoms with van der Waals surface area (Å²) in [6.07, 6.45) is 0. The molecule has 0 aliphatic carbocycles. The smallest absolute Gasteiger partial charge is 0.140 e. The molecule has 0 aromatic heterocycles. The molecule has 1 aromatic rings. The van der Waals surface area contributed by atoms with Crippen molar-refractivity contribution in [1.29, 1.82) is 0 Å². The molecule has 3 heteroatoms. The van der Waals surface area contributed by atoms with Crippen LogP contribution in [-0.2, 0) is 0 Å². The summed E-state index contributed by atoms with van der Waals surface area (Å²) in [6.45, 7) is -0.281. The first kappa shape index (κ1) is 8.12. The SMILES string of the molecule is C[Si](Cl)(Cl)c1[c]cccc1. The maximum Gasteiger partial charge on any atom is 0.278 e. The van der Waals surface area contributed by atoms with E-state index in [1.54, 1.807) is 0 Å². The van der Waals surface area contributed by atoms with Crippen LogP contribution in [0.15, 0.2) is 24.3 Å². The second-order valence-corrected chi connectivity index (χ2v) is 9.60. The Morgan fingerprint density at radius 1 is 1.40 bits per heavy atom. The molecule has 0 atom stereocenters. The van der Waals surface area contributed by atoms with Gasteiger partial charge in [0.25, 0.3) is 6.69 Å². The molecule has 53 valence electrons. The van der Waals surface area contributed by atoms with E-state index in [2.05, 4.69) is 6.07 Å². The highest BCUT2D eigenvalue weighted by atomic mass is 35.7. The van der Waals surface area contributed by atoms with Crippen LogP contribution in [0, 0.1) is 6.07 Å². The van der Waals surface area contributed by atoms with Crippen LogP contribution >= 0.6 is 22.2 Å². The lowest BCUT2D eigenvalue weighted by molar-refractivity contribution is 1.74.